The van der Waals surface area contributed by atoms with Gasteiger partial charge in [-0.05, 0) is 18.2 Å². The number of alkyl halides is 2. The van der Waals surface area contributed by atoms with Gasteiger partial charge in [0.05, 0.1) is 12.7 Å². The van der Waals surface area contributed by atoms with Crippen molar-refractivity contribution in [2.24, 2.45) is 0 Å². The van der Waals surface area contributed by atoms with Crippen LogP contribution < -0.4 is 4.74 Å². The van der Waals surface area contributed by atoms with Crippen molar-refractivity contribution in [1.82, 2.24) is 0 Å². The van der Waals surface area contributed by atoms with E-state index in [1.54, 1.807) is 18.2 Å². The van der Waals surface area contributed by atoms with Crippen molar-refractivity contribution >= 4 is 49.2 Å². The molecule has 1 aromatic carbocycles. The van der Waals surface area contributed by atoms with Gasteiger partial charge in [-0.15, -0.1) is 0 Å². The fourth-order valence-electron chi connectivity index (χ4n) is 0.990. The van der Waals surface area contributed by atoms with Gasteiger partial charge in [-0.1, -0.05) is 43.5 Å². The lowest BCUT2D eigenvalue weighted by Crippen LogP contribution is -2.08. The summed E-state index contributed by atoms with van der Waals surface area (Å²) in [4.78, 5) is 11.6. The first-order chi connectivity index (χ1) is 6.56. The van der Waals surface area contributed by atoms with Crippen LogP contribution in [0, 0.1) is 0 Å². The minimum atomic E-state index is -0.428. The summed E-state index contributed by atoms with van der Waals surface area (Å²) >= 11 is 12.0. The van der Waals surface area contributed by atoms with Gasteiger partial charge in [-0.2, -0.15) is 0 Å². The Balaban J connectivity index is 3.17. The third-order valence-electron chi connectivity index (χ3n) is 1.63. The molecule has 0 aliphatic rings. The highest BCUT2D eigenvalue weighted by atomic mass is 79.9. The number of hydrogen-bond acceptors (Lipinski definition) is 2. The number of ketones is 1. The molecule has 0 fully saturated rings. The predicted octanol–water partition coefficient (Wildman–Crippen LogP) is 3.65. The maximum absolute atomic E-state index is 11.6. The molecule has 76 valence electrons. The van der Waals surface area contributed by atoms with Gasteiger partial charge in [0.25, 0.3) is 0 Å². The second-order valence-electron chi connectivity index (χ2n) is 2.51. The van der Waals surface area contributed by atoms with Crippen molar-refractivity contribution in [2.45, 2.75) is 3.74 Å². The smallest absolute Gasteiger partial charge is 0.190 e. The molecule has 0 N–H and O–H groups in total. The highest BCUT2D eigenvalue weighted by Crippen LogP contribution is 2.26. The largest absolute Gasteiger partial charge is 0.496 e. The molecule has 5 heteroatoms. The maximum atomic E-state index is 11.6. The molecule has 0 saturated heterocycles. The summed E-state index contributed by atoms with van der Waals surface area (Å²) in [7, 11) is 1.51. The zero-order valence-corrected chi connectivity index (χ0v) is 11.2. The topological polar surface area (TPSA) is 26.3 Å². The number of rotatable bonds is 3. The van der Waals surface area contributed by atoms with Gasteiger partial charge >= 0.3 is 0 Å². The average molecular weight is 342 g/mol. The Morgan fingerprint density at radius 2 is 2.14 bits per heavy atom. The first-order valence-electron chi connectivity index (χ1n) is 3.72. The number of benzene rings is 1. The van der Waals surface area contributed by atoms with Crippen LogP contribution in [0.1, 0.15) is 10.4 Å². The maximum Gasteiger partial charge on any atom is 0.190 e. The van der Waals surface area contributed by atoms with E-state index in [2.05, 4.69) is 31.9 Å². The summed E-state index contributed by atoms with van der Waals surface area (Å²) in [6.45, 7) is 0. The van der Waals surface area contributed by atoms with E-state index in [9.17, 15) is 4.79 Å². The molecule has 0 bridgehead atoms. The quantitative estimate of drug-likeness (QED) is 0.619. The Morgan fingerprint density at radius 1 is 1.50 bits per heavy atom. The summed E-state index contributed by atoms with van der Waals surface area (Å²) in [6.07, 6.45) is 0. The van der Waals surface area contributed by atoms with Crippen molar-refractivity contribution in [1.29, 1.82) is 0 Å². The Bertz CT molecular complexity index is 353. The highest BCUT2D eigenvalue weighted by Gasteiger charge is 2.18. The van der Waals surface area contributed by atoms with E-state index in [1.807, 2.05) is 0 Å². The lowest BCUT2D eigenvalue weighted by molar-refractivity contribution is 0.101. The number of methoxy groups -OCH3 is 1. The summed E-state index contributed by atoms with van der Waals surface area (Å²) in [5.41, 5.74) is 0.457. The zero-order valence-electron chi connectivity index (χ0n) is 7.26. The minimum absolute atomic E-state index is 0.121. The fourth-order valence-corrected chi connectivity index (χ4v) is 1.66. The zero-order chi connectivity index (χ0) is 10.7. The number of carbonyl (C=O) groups excluding carboxylic acids is 1. The van der Waals surface area contributed by atoms with Gasteiger partial charge in [-0.3, -0.25) is 4.79 Å². The molecule has 0 atom stereocenters. The Labute approximate surface area is 104 Å². The van der Waals surface area contributed by atoms with Crippen LogP contribution in [0.2, 0.25) is 5.02 Å². The molecule has 0 spiro atoms. The minimum Gasteiger partial charge on any atom is -0.496 e. The van der Waals surface area contributed by atoms with Crippen LogP contribution in [0.3, 0.4) is 0 Å². The Hall–Kier alpha value is -0.0600. The molecular formula is C9H7Br2ClO2. The second kappa shape index (κ2) is 5.14. The van der Waals surface area contributed by atoms with Crippen LogP contribution in [-0.4, -0.2) is 16.6 Å². The van der Waals surface area contributed by atoms with Gasteiger partial charge in [0.1, 0.15) is 9.49 Å². The van der Waals surface area contributed by atoms with Crippen LogP contribution >= 0.6 is 43.5 Å². The highest BCUT2D eigenvalue weighted by molar-refractivity contribution is 9.25. The molecule has 0 unspecified atom stereocenters. The Morgan fingerprint density at radius 3 is 2.64 bits per heavy atom. The number of hydrogen-bond donors (Lipinski definition) is 0. The first kappa shape index (κ1) is 12.0. The van der Waals surface area contributed by atoms with Gasteiger partial charge in [-0.25, -0.2) is 0 Å². The number of carbonyl (C=O) groups is 1. The van der Waals surface area contributed by atoms with E-state index in [0.29, 0.717) is 16.3 Å². The molecular weight excluding hydrogens is 335 g/mol. The molecule has 14 heavy (non-hydrogen) atoms. The lowest BCUT2D eigenvalue weighted by Gasteiger charge is -2.08. The number of Topliss-reactive ketones (excluding diaryl/α,β-unsaturated/α-hetero) is 1. The SMILES string of the molecule is COc1ccc(Cl)cc1C(=O)C(Br)Br. The van der Waals surface area contributed by atoms with E-state index in [4.69, 9.17) is 16.3 Å². The van der Waals surface area contributed by atoms with E-state index >= 15 is 0 Å². The molecule has 2 nitrogen and oxygen atoms in total. The molecule has 0 aromatic heterocycles. The summed E-state index contributed by atoms with van der Waals surface area (Å²) in [5, 5.41) is 0.509. The standard InChI is InChI=1S/C9H7Br2ClO2/c1-14-7-3-2-5(12)4-6(7)8(13)9(10)11/h2-4,9H,1H3. The molecule has 0 aliphatic carbocycles. The molecule has 0 radical (unpaired) electrons. The molecule has 1 aromatic rings. The fraction of sp³-hybridized carbons (Fsp3) is 0.222. The van der Waals surface area contributed by atoms with Crippen LogP contribution in [-0.2, 0) is 0 Å². The van der Waals surface area contributed by atoms with E-state index in [-0.39, 0.29) is 5.78 Å². The summed E-state index contributed by atoms with van der Waals surface area (Å²) < 4.78 is 4.62. The van der Waals surface area contributed by atoms with Crippen molar-refractivity contribution in [3.63, 3.8) is 0 Å². The second-order valence-corrected chi connectivity index (χ2v) is 6.01. The molecule has 1 rings (SSSR count). The van der Waals surface area contributed by atoms with Gasteiger partial charge < -0.3 is 4.74 Å². The van der Waals surface area contributed by atoms with E-state index in [1.165, 1.54) is 7.11 Å². The van der Waals surface area contributed by atoms with E-state index < -0.39 is 3.74 Å². The van der Waals surface area contributed by atoms with Gasteiger partial charge in [0, 0.05) is 5.02 Å². The third kappa shape index (κ3) is 2.72. The van der Waals surface area contributed by atoms with Crippen molar-refractivity contribution in [3.05, 3.63) is 28.8 Å². The average Bonchev–Trinajstić information content (AvgIpc) is 2.16. The Kier molecular flexibility index (Phi) is 4.41. The van der Waals surface area contributed by atoms with Crippen LogP contribution in [0.5, 0.6) is 5.75 Å². The summed E-state index contributed by atoms with van der Waals surface area (Å²) in [6, 6.07) is 4.92. The van der Waals surface area contributed by atoms with Crippen molar-refractivity contribution in [3.8, 4) is 5.75 Å². The van der Waals surface area contributed by atoms with Crippen molar-refractivity contribution < 1.29 is 9.53 Å². The van der Waals surface area contributed by atoms with Crippen LogP contribution in [0.4, 0.5) is 0 Å². The lowest BCUT2D eigenvalue weighted by atomic mass is 10.1. The molecule has 0 aliphatic heterocycles. The van der Waals surface area contributed by atoms with Crippen LogP contribution in [0.15, 0.2) is 18.2 Å². The monoisotopic (exact) mass is 340 g/mol. The molecule has 0 saturated carbocycles. The first-order valence-corrected chi connectivity index (χ1v) is 5.93. The number of halogens is 3. The van der Waals surface area contributed by atoms with Crippen LogP contribution in [0.25, 0.3) is 0 Å². The number of ether oxygens (including phenoxy) is 1. The van der Waals surface area contributed by atoms with Gasteiger partial charge in [0.15, 0.2) is 5.78 Å². The predicted molar refractivity (Wildman–Crippen MR) is 64.0 cm³/mol. The molecule has 0 amide bonds. The normalized spacial score (nSPS) is 10.4. The van der Waals surface area contributed by atoms with Gasteiger partial charge in [0.2, 0.25) is 0 Å². The molecule has 0 heterocycles. The van der Waals surface area contributed by atoms with Crippen molar-refractivity contribution in [2.75, 3.05) is 7.11 Å². The summed E-state index contributed by atoms with van der Waals surface area (Å²) in [5.74, 6) is 0.396. The third-order valence-corrected chi connectivity index (χ3v) is 2.69. The van der Waals surface area contributed by atoms with E-state index in [0.717, 1.165) is 0 Å².